The first-order chi connectivity index (χ1) is 7.70. The van der Waals surface area contributed by atoms with E-state index in [1.54, 1.807) is 0 Å². The van der Waals surface area contributed by atoms with Crippen LogP contribution in [0.15, 0.2) is 24.3 Å². The molecule has 1 heterocycles. The third-order valence-corrected chi connectivity index (χ3v) is 4.50. The standard InChI is InChI=1S/C13H16N2S/c1-15(2)9-13(7-8-13)12-14-10-5-3-4-6-11(10)16-12/h3-6H,7-9H2,1-2H3. The summed E-state index contributed by atoms with van der Waals surface area (Å²) in [5.74, 6) is 0. The van der Waals surface area contributed by atoms with E-state index >= 15 is 0 Å². The average molecular weight is 232 g/mol. The van der Waals surface area contributed by atoms with E-state index in [1.807, 2.05) is 11.3 Å². The summed E-state index contributed by atoms with van der Waals surface area (Å²) in [6, 6.07) is 8.44. The van der Waals surface area contributed by atoms with Crippen LogP contribution in [0.1, 0.15) is 17.8 Å². The lowest BCUT2D eigenvalue weighted by atomic mass is 10.1. The molecule has 2 aromatic rings. The van der Waals surface area contributed by atoms with Gasteiger partial charge < -0.3 is 4.90 Å². The first-order valence-electron chi connectivity index (χ1n) is 5.70. The SMILES string of the molecule is CN(C)CC1(c2nc3ccccc3s2)CC1. The second kappa shape index (κ2) is 3.54. The van der Waals surface area contributed by atoms with Crippen molar-refractivity contribution in [3.8, 4) is 0 Å². The van der Waals surface area contributed by atoms with Crippen LogP contribution in [0.2, 0.25) is 0 Å². The summed E-state index contributed by atoms with van der Waals surface area (Å²) in [7, 11) is 4.29. The molecule has 3 rings (SSSR count). The number of likely N-dealkylation sites (N-methyl/N-ethyl adjacent to an activating group) is 1. The van der Waals surface area contributed by atoms with Gasteiger partial charge in [-0.1, -0.05) is 12.1 Å². The van der Waals surface area contributed by atoms with Crippen LogP contribution >= 0.6 is 11.3 Å². The summed E-state index contributed by atoms with van der Waals surface area (Å²) in [5.41, 5.74) is 1.53. The molecule has 1 aliphatic rings. The van der Waals surface area contributed by atoms with Gasteiger partial charge in [0, 0.05) is 12.0 Å². The first kappa shape index (κ1) is 10.2. The lowest BCUT2D eigenvalue weighted by Gasteiger charge is -2.17. The maximum atomic E-state index is 4.79. The number of aromatic nitrogens is 1. The van der Waals surface area contributed by atoms with Crippen molar-refractivity contribution in [2.75, 3.05) is 20.6 Å². The Bertz CT molecular complexity index is 478. The predicted molar refractivity (Wildman–Crippen MR) is 69.1 cm³/mol. The van der Waals surface area contributed by atoms with Crippen LogP contribution in [0.5, 0.6) is 0 Å². The van der Waals surface area contributed by atoms with Crippen LogP contribution in [-0.4, -0.2) is 30.5 Å². The maximum absolute atomic E-state index is 4.79. The molecule has 0 aliphatic heterocycles. The largest absolute Gasteiger partial charge is 0.308 e. The molecule has 0 radical (unpaired) electrons. The zero-order valence-electron chi connectivity index (χ0n) is 9.73. The van der Waals surface area contributed by atoms with Gasteiger partial charge in [0.1, 0.15) is 5.01 Å². The summed E-state index contributed by atoms with van der Waals surface area (Å²) in [4.78, 5) is 7.07. The molecule has 1 aromatic heterocycles. The quantitative estimate of drug-likeness (QED) is 0.809. The Kier molecular flexibility index (Phi) is 2.26. The highest BCUT2D eigenvalue weighted by Gasteiger charge is 2.47. The van der Waals surface area contributed by atoms with Crippen molar-refractivity contribution in [3.05, 3.63) is 29.3 Å². The molecule has 1 fully saturated rings. The Morgan fingerprint density at radius 1 is 1.31 bits per heavy atom. The molecular formula is C13H16N2S. The van der Waals surface area contributed by atoms with Crippen LogP contribution in [0, 0.1) is 0 Å². The van der Waals surface area contributed by atoms with Crippen molar-refractivity contribution in [2.45, 2.75) is 18.3 Å². The monoisotopic (exact) mass is 232 g/mol. The van der Waals surface area contributed by atoms with Crippen molar-refractivity contribution in [1.29, 1.82) is 0 Å². The summed E-state index contributed by atoms with van der Waals surface area (Å²) in [6.45, 7) is 1.13. The smallest absolute Gasteiger partial charge is 0.101 e. The second-order valence-corrected chi connectivity index (χ2v) is 6.04. The fourth-order valence-corrected chi connectivity index (χ4v) is 3.50. The molecule has 1 aliphatic carbocycles. The fraction of sp³-hybridized carbons (Fsp3) is 0.462. The average Bonchev–Trinajstić information content (AvgIpc) is 2.89. The Hall–Kier alpha value is -0.930. The third kappa shape index (κ3) is 1.64. The van der Waals surface area contributed by atoms with Gasteiger partial charge in [-0.25, -0.2) is 4.98 Å². The first-order valence-corrected chi connectivity index (χ1v) is 6.52. The molecule has 0 unspecified atom stereocenters. The lowest BCUT2D eigenvalue weighted by molar-refractivity contribution is 0.362. The maximum Gasteiger partial charge on any atom is 0.101 e. The van der Waals surface area contributed by atoms with Crippen LogP contribution < -0.4 is 0 Å². The minimum atomic E-state index is 0.368. The molecule has 0 saturated heterocycles. The predicted octanol–water partition coefficient (Wildman–Crippen LogP) is 2.89. The second-order valence-electron chi connectivity index (χ2n) is 5.00. The Morgan fingerprint density at radius 2 is 2.06 bits per heavy atom. The van der Waals surface area contributed by atoms with Gasteiger partial charge in [-0.15, -0.1) is 11.3 Å². The zero-order valence-corrected chi connectivity index (χ0v) is 10.5. The molecule has 16 heavy (non-hydrogen) atoms. The number of hydrogen-bond acceptors (Lipinski definition) is 3. The molecule has 2 nitrogen and oxygen atoms in total. The minimum absolute atomic E-state index is 0.368. The molecule has 0 bridgehead atoms. The fourth-order valence-electron chi connectivity index (χ4n) is 2.29. The van der Waals surface area contributed by atoms with E-state index in [4.69, 9.17) is 4.98 Å². The van der Waals surface area contributed by atoms with Crippen LogP contribution in [0.3, 0.4) is 0 Å². The van der Waals surface area contributed by atoms with Gasteiger partial charge in [0.2, 0.25) is 0 Å². The van der Waals surface area contributed by atoms with Crippen molar-refractivity contribution < 1.29 is 0 Å². The van der Waals surface area contributed by atoms with Crippen molar-refractivity contribution >= 4 is 21.6 Å². The van der Waals surface area contributed by atoms with Crippen LogP contribution in [-0.2, 0) is 5.41 Å². The molecule has 84 valence electrons. The topological polar surface area (TPSA) is 16.1 Å². The Labute approximate surface area is 99.9 Å². The zero-order chi connectivity index (χ0) is 11.2. The molecule has 3 heteroatoms. The molecule has 0 atom stereocenters. The van der Waals surface area contributed by atoms with E-state index in [0.717, 1.165) is 12.1 Å². The number of fused-ring (bicyclic) bond motifs is 1. The highest BCUT2D eigenvalue weighted by Crippen LogP contribution is 2.50. The number of rotatable bonds is 3. The van der Waals surface area contributed by atoms with Gasteiger partial charge in [0.15, 0.2) is 0 Å². The number of thiazole rings is 1. The van der Waals surface area contributed by atoms with Crippen LogP contribution in [0.4, 0.5) is 0 Å². The van der Waals surface area contributed by atoms with E-state index in [9.17, 15) is 0 Å². The molecule has 0 spiro atoms. The number of nitrogens with zero attached hydrogens (tertiary/aromatic N) is 2. The Morgan fingerprint density at radius 3 is 2.69 bits per heavy atom. The van der Waals surface area contributed by atoms with Gasteiger partial charge in [-0.3, -0.25) is 0 Å². The van der Waals surface area contributed by atoms with Crippen LogP contribution in [0.25, 0.3) is 10.2 Å². The van der Waals surface area contributed by atoms with Crippen molar-refractivity contribution in [3.63, 3.8) is 0 Å². The highest BCUT2D eigenvalue weighted by atomic mass is 32.1. The van der Waals surface area contributed by atoms with Gasteiger partial charge in [-0.2, -0.15) is 0 Å². The molecule has 1 saturated carbocycles. The molecule has 0 N–H and O–H groups in total. The highest BCUT2D eigenvalue weighted by molar-refractivity contribution is 7.18. The lowest BCUT2D eigenvalue weighted by Crippen LogP contribution is -2.25. The van der Waals surface area contributed by atoms with Crippen molar-refractivity contribution in [1.82, 2.24) is 9.88 Å². The van der Waals surface area contributed by atoms with Gasteiger partial charge in [-0.05, 0) is 39.1 Å². The normalized spacial score (nSPS) is 18.2. The van der Waals surface area contributed by atoms with Crippen molar-refractivity contribution in [2.24, 2.45) is 0 Å². The summed E-state index contributed by atoms with van der Waals surface area (Å²) in [6.07, 6.45) is 2.59. The third-order valence-electron chi connectivity index (χ3n) is 3.22. The number of benzene rings is 1. The van der Waals surface area contributed by atoms with Gasteiger partial charge in [0.05, 0.1) is 10.2 Å². The van der Waals surface area contributed by atoms with Gasteiger partial charge in [0.25, 0.3) is 0 Å². The van der Waals surface area contributed by atoms with E-state index < -0.39 is 0 Å². The minimum Gasteiger partial charge on any atom is -0.308 e. The molecular weight excluding hydrogens is 216 g/mol. The number of para-hydroxylation sites is 1. The van der Waals surface area contributed by atoms with E-state index in [1.165, 1.54) is 22.5 Å². The van der Waals surface area contributed by atoms with E-state index in [0.29, 0.717) is 5.41 Å². The summed E-state index contributed by atoms with van der Waals surface area (Å²) >= 11 is 1.87. The summed E-state index contributed by atoms with van der Waals surface area (Å²) in [5, 5.41) is 1.34. The number of hydrogen-bond donors (Lipinski definition) is 0. The van der Waals surface area contributed by atoms with Gasteiger partial charge >= 0.3 is 0 Å². The molecule has 1 aromatic carbocycles. The Balaban J connectivity index is 2.00. The summed E-state index contributed by atoms with van der Waals surface area (Å²) < 4.78 is 1.32. The molecule has 0 amide bonds. The van der Waals surface area contributed by atoms with E-state index in [-0.39, 0.29) is 0 Å². The van der Waals surface area contributed by atoms with E-state index in [2.05, 4.69) is 43.3 Å².